The number of guanidine groups is 1. The van der Waals surface area contributed by atoms with E-state index in [-0.39, 0.29) is 24.0 Å². The van der Waals surface area contributed by atoms with E-state index >= 15 is 0 Å². The van der Waals surface area contributed by atoms with Crippen LogP contribution in [0, 0.1) is 20.8 Å². The van der Waals surface area contributed by atoms with E-state index in [1.807, 2.05) is 7.05 Å². The molecule has 4 heteroatoms. The Morgan fingerprint density at radius 2 is 1.80 bits per heavy atom. The molecule has 0 heterocycles. The van der Waals surface area contributed by atoms with Crippen molar-refractivity contribution in [1.29, 1.82) is 0 Å². The standard InChI is InChI=1S/C16H25N3.HI/c1-11-9-12(2)15(13(3)10-11)7-8-18-16(17-4)19-14-5-6-14;/h9-10,14H,5-8H2,1-4H3,(H2,17,18,19);1H. The van der Waals surface area contributed by atoms with Crippen LogP contribution in [0.25, 0.3) is 0 Å². The van der Waals surface area contributed by atoms with Gasteiger partial charge in [-0.3, -0.25) is 4.99 Å². The molecule has 1 aromatic carbocycles. The lowest BCUT2D eigenvalue weighted by Gasteiger charge is -2.14. The Labute approximate surface area is 139 Å². The highest BCUT2D eigenvalue weighted by Gasteiger charge is 2.21. The summed E-state index contributed by atoms with van der Waals surface area (Å²) in [5.41, 5.74) is 5.59. The first kappa shape index (κ1) is 17.3. The van der Waals surface area contributed by atoms with Crippen molar-refractivity contribution in [2.75, 3.05) is 13.6 Å². The predicted octanol–water partition coefficient (Wildman–Crippen LogP) is 3.10. The van der Waals surface area contributed by atoms with Crippen LogP contribution in [0.1, 0.15) is 35.1 Å². The van der Waals surface area contributed by atoms with E-state index < -0.39 is 0 Å². The molecule has 0 aliphatic heterocycles. The molecular weight excluding hydrogens is 361 g/mol. The van der Waals surface area contributed by atoms with E-state index in [4.69, 9.17) is 0 Å². The zero-order valence-corrected chi connectivity index (χ0v) is 15.2. The maximum atomic E-state index is 4.25. The molecule has 0 aromatic heterocycles. The number of nitrogens with zero attached hydrogens (tertiary/aromatic N) is 1. The van der Waals surface area contributed by atoms with E-state index in [2.05, 4.69) is 48.5 Å². The number of aliphatic imine (C=N–C) groups is 1. The van der Waals surface area contributed by atoms with E-state index in [0.717, 1.165) is 18.9 Å². The van der Waals surface area contributed by atoms with E-state index in [9.17, 15) is 0 Å². The lowest BCUT2D eigenvalue weighted by molar-refractivity contribution is 0.787. The maximum Gasteiger partial charge on any atom is 0.191 e. The van der Waals surface area contributed by atoms with Crippen molar-refractivity contribution in [3.8, 4) is 0 Å². The Balaban J connectivity index is 0.00000200. The molecule has 1 saturated carbocycles. The lowest BCUT2D eigenvalue weighted by Crippen LogP contribution is -2.39. The van der Waals surface area contributed by atoms with Crippen molar-refractivity contribution in [2.45, 2.75) is 46.1 Å². The minimum Gasteiger partial charge on any atom is -0.356 e. The van der Waals surface area contributed by atoms with Gasteiger partial charge in [0.2, 0.25) is 0 Å². The van der Waals surface area contributed by atoms with Crippen LogP contribution in [-0.2, 0) is 6.42 Å². The Morgan fingerprint density at radius 1 is 1.20 bits per heavy atom. The van der Waals surface area contributed by atoms with Gasteiger partial charge in [0.15, 0.2) is 5.96 Å². The van der Waals surface area contributed by atoms with E-state index in [1.54, 1.807) is 0 Å². The summed E-state index contributed by atoms with van der Waals surface area (Å²) in [6.07, 6.45) is 3.59. The Kier molecular flexibility index (Phi) is 6.79. The SMILES string of the molecule is CN=C(NCCc1c(C)cc(C)cc1C)NC1CC1.I. The molecule has 1 aliphatic rings. The smallest absolute Gasteiger partial charge is 0.191 e. The van der Waals surface area contributed by atoms with Gasteiger partial charge in [0.25, 0.3) is 0 Å². The Bertz CT molecular complexity index is 456. The minimum absolute atomic E-state index is 0. The van der Waals surface area contributed by atoms with Crippen LogP contribution in [0.5, 0.6) is 0 Å². The van der Waals surface area contributed by atoms with Gasteiger partial charge in [-0.25, -0.2) is 0 Å². The average Bonchev–Trinajstić information content (AvgIpc) is 3.14. The maximum absolute atomic E-state index is 4.25. The third-order valence-corrected chi connectivity index (χ3v) is 3.65. The molecule has 0 amide bonds. The van der Waals surface area contributed by atoms with Crippen LogP contribution in [0.15, 0.2) is 17.1 Å². The van der Waals surface area contributed by atoms with Crippen LogP contribution in [0.2, 0.25) is 0 Å². The summed E-state index contributed by atoms with van der Waals surface area (Å²) in [6, 6.07) is 5.17. The van der Waals surface area contributed by atoms with E-state index in [0.29, 0.717) is 6.04 Å². The van der Waals surface area contributed by atoms with E-state index in [1.165, 1.54) is 35.1 Å². The lowest BCUT2D eigenvalue weighted by atomic mass is 9.97. The number of halogens is 1. The highest BCUT2D eigenvalue weighted by Crippen LogP contribution is 2.18. The van der Waals surface area contributed by atoms with Gasteiger partial charge in [-0.2, -0.15) is 0 Å². The fourth-order valence-electron chi connectivity index (χ4n) is 2.53. The molecule has 0 saturated heterocycles. The molecule has 1 fully saturated rings. The van der Waals surface area contributed by atoms with Crippen molar-refractivity contribution in [3.05, 3.63) is 34.4 Å². The molecule has 3 nitrogen and oxygen atoms in total. The quantitative estimate of drug-likeness (QED) is 0.473. The van der Waals surface area contributed by atoms with Gasteiger partial charge in [-0.05, 0) is 56.7 Å². The van der Waals surface area contributed by atoms with Gasteiger partial charge in [-0.15, -0.1) is 24.0 Å². The van der Waals surface area contributed by atoms with Crippen molar-refractivity contribution in [1.82, 2.24) is 10.6 Å². The first-order valence-corrected chi connectivity index (χ1v) is 7.14. The summed E-state index contributed by atoms with van der Waals surface area (Å²) in [4.78, 5) is 4.25. The monoisotopic (exact) mass is 387 g/mol. The second-order valence-electron chi connectivity index (χ2n) is 5.54. The molecule has 1 aromatic rings. The molecule has 20 heavy (non-hydrogen) atoms. The summed E-state index contributed by atoms with van der Waals surface area (Å²) < 4.78 is 0. The van der Waals surface area contributed by atoms with Crippen LogP contribution in [0.4, 0.5) is 0 Å². The first-order chi connectivity index (χ1) is 9.10. The summed E-state index contributed by atoms with van der Waals surface area (Å²) in [5, 5.41) is 6.80. The van der Waals surface area contributed by atoms with Crippen molar-refractivity contribution < 1.29 is 0 Å². The van der Waals surface area contributed by atoms with Gasteiger partial charge in [0, 0.05) is 19.6 Å². The molecule has 0 spiro atoms. The molecule has 112 valence electrons. The molecule has 1 aliphatic carbocycles. The third-order valence-electron chi connectivity index (χ3n) is 3.65. The second-order valence-corrected chi connectivity index (χ2v) is 5.54. The fourth-order valence-corrected chi connectivity index (χ4v) is 2.53. The highest BCUT2D eigenvalue weighted by molar-refractivity contribution is 14.0. The van der Waals surface area contributed by atoms with Gasteiger partial charge in [0.1, 0.15) is 0 Å². The van der Waals surface area contributed by atoms with Crippen molar-refractivity contribution in [2.24, 2.45) is 4.99 Å². The Morgan fingerprint density at radius 3 is 2.30 bits per heavy atom. The molecule has 0 unspecified atom stereocenters. The zero-order valence-electron chi connectivity index (χ0n) is 12.9. The zero-order chi connectivity index (χ0) is 13.8. The number of rotatable bonds is 4. The van der Waals surface area contributed by atoms with Crippen molar-refractivity contribution >= 4 is 29.9 Å². The first-order valence-electron chi connectivity index (χ1n) is 7.14. The second kappa shape index (κ2) is 7.86. The van der Waals surface area contributed by atoms with Crippen LogP contribution in [-0.4, -0.2) is 25.6 Å². The summed E-state index contributed by atoms with van der Waals surface area (Å²) in [6.45, 7) is 7.49. The average molecular weight is 387 g/mol. The van der Waals surface area contributed by atoms with Gasteiger partial charge < -0.3 is 10.6 Å². The summed E-state index contributed by atoms with van der Waals surface area (Å²) >= 11 is 0. The molecule has 2 rings (SSSR count). The molecule has 0 atom stereocenters. The summed E-state index contributed by atoms with van der Waals surface area (Å²) in [5.74, 6) is 0.935. The number of benzene rings is 1. The highest BCUT2D eigenvalue weighted by atomic mass is 127. The molecule has 2 N–H and O–H groups in total. The number of nitrogens with one attached hydrogen (secondary N) is 2. The molecular formula is C16H26IN3. The number of aryl methyl sites for hydroxylation is 3. The predicted molar refractivity (Wildman–Crippen MR) is 97.3 cm³/mol. The normalized spacial score (nSPS) is 14.7. The van der Waals surface area contributed by atoms with Gasteiger partial charge >= 0.3 is 0 Å². The number of hydrogen-bond donors (Lipinski definition) is 2. The van der Waals surface area contributed by atoms with Crippen LogP contribution >= 0.6 is 24.0 Å². The number of hydrogen-bond acceptors (Lipinski definition) is 1. The molecule has 0 radical (unpaired) electrons. The topological polar surface area (TPSA) is 36.4 Å². The van der Waals surface area contributed by atoms with Gasteiger partial charge in [0.05, 0.1) is 0 Å². The van der Waals surface area contributed by atoms with Gasteiger partial charge in [-0.1, -0.05) is 17.7 Å². The fraction of sp³-hybridized carbons (Fsp3) is 0.562. The molecule has 0 bridgehead atoms. The largest absolute Gasteiger partial charge is 0.356 e. The third kappa shape index (κ3) is 4.96. The van der Waals surface area contributed by atoms with Crippen LogP contribution < -0.4 is 10.6 Å². The summed E-state index contributed by atoms with van der Waals surface area (Å²) in [7, 11) is 1.83. The van der Waals surface area contributed by atoms with Crippen LogP contribution in [0.3, 0.4) is 0 Å². The Hall–Kier alpha value is -0.780. The van der Waals surface area contributed by atoms with Crippen molar-refractivity contribution in [3.63, 3.8) is 0 Å². The minimum atomic E-state index is 0.